The van der Waals surface area contributed by atoms with E-state index in [1.807, 2.05) is 69.2 Å². The van der Waals surface area contributed by atoms with Crippen molar-refractivity contribution in [2.24, 2.45) is 0 Å². The van der Waals surface area contributed by atoms with Crippen molar-refractivity contribution in [2.45, 2.75) is 33.4 Å². The Morgan fingerprint density at radius 2 is 1.82 bits per heavy atom. The fourth-order valence-electron chi connectivity index (χ4n) is 3.37. The summed E-state index contributed by atoms with van der Waals surface area (Å²) in [5.74, 6) is 1.50. The van der Waals surface area contributed by atoms with Crippen molar-refractivity contribution in [3.05, 3.63) is 77.1 Å². The Labute approximate surface area is 192 Å². The molecular formula is C24H26N6O3. The van der Waals surface area contributed by atoms with E-state index in [1.54, 1.807) is 17.2 Å². The molecule has 0 radical (unpaired) electrons. The van der Waals surface area contributed by atoms with Gasteiger partial charge in [0.2, 0.25) is 5.95 Å². The normalized spacial score (nSPS) is 10.9. The van der Waals surface area contributed by atoms with E-state index < -0.39 is 0 Å². The molecule has 0 aliphatic rings. The number of carbonyl (C=O) groups excluding carboxylic acids is 1. The van der Waals surface area contributed by atoms with Crippen LogP contribution in [0.2, 0.25) is 0 Å². The van der Waals surface area contributed by atoms with Crippen LogP contribution in [0.25, 0.3) is 11.3 Å². The first-order valence-electron chi connectivity index (χ1n) is 10.7. The highest BCUT2D eigenvalue weighted by molar-refractivity contribution is 5.92. The summed E-state index contributed by atoms with van der Waals surface area (Å²) in [6.07, 6.45) is 2.36. The van der Waals surface area contributed by atoms with Crippen LogP contribution in [0, 0.1) is 6.92 Å². The van der Waals surface area contributed by atoms with Gasteiger partial charge >= 0.3 is 0 Å². The molecule has 9 nitrogen and oxygen atoms in total. The zero-order valence-electron chi connectivity index (χ0n) is 19.1. The molecule has 3 aromatic heterocycles. The molecule has 1 amide bonds. The second kappa shape index (κ2) is 9.64. The molecule has 0 spiro atoms. The van der Waals surface area contributed by atoms with Gasteiger partial charge in [-0.1, -0.05) is 47.6 Å². The minimum absolute atomic E-state index is 0.223. The number of anilines is 1. The van der Waals surface area contributed by atoms with Crippen molar-refractivity contribution >= 4 is 11.9 Å². The monoisotopic (exact) mass is 446 g/mol. The van der Waals surface area contributed by atoms with Gasteiger partial charge in [-0.2, -0.15) is 0 Å². The van der Waals surface area contributed by atoms with Crippen molar-refractivity contribution in [3.8, 4) is 11.3 Å². The quantitative estimate of drug-likeness (QED) is 0.402. The molecule has 1 aromatic carbocycles. The number of carbonyl (C=O) groups is 1. The molecule has 9 heteroatoms. The van der Waals surface area contributed by atoms with Gasteiger partial charge < -0.3 is 18.8 Å². The number of amides is 1. The zero-order chi connectivity index (χ0) is 23.4. The lowest BCUT2D eigenvalue weighted by Crippen LogP contribution is -2.31. The molecule has 0 aliphatic carbocycles. The Morgan fingerprint density at radius 3 is 2.45 bits per heavy atom. The first kappa shape index (κ1) is 22.2. The van der Waals surface area contributed by atoms with Gasteiger partial charge in [0.05, 0.1) is 23.5 Å². The summed E-state index contributed by atoms with van der Waals surface area (Å²) in [7, 11) is 3.73. The molecule has 4 rings (SSSR count). The lowest BCUT2D eigenvalue weighted by atomic mass is 10.1. The van der Waals surface area contributed by atoms with Gasteiger partial charge in [0.1, 0.15) is 5.76 Å². The number of nitrogens with zero attached hydrogens (tertiary/aromatic N) is 6. The average molecular weight is 447 g/mol. The predicted molar refractivity (Wildman–Crippen MR) is 122 cm³/mol. The lowest BCUT2D eigenvalue weighted by Gasteiger charge is -2.23. The maximum atomic E-state index is 13.5. The third kappa shape index (κ3) is 5.08. The van der Waals surface area contributed by atoms with Crippen LogP contribution in [-0.4, -0.2) is 45.2 Å². The first-order chi connectivity index (χ1) is 15.9. The molecule has 0 saturated heterocycles. The molecular weight excluding hydrogens is 420 g/mol. The van der Waals surface area contributed by atoms with Gasteiger partial charge in [0.25, 0.3) is 5.91 Å². The van der Waals surface area contributed by atoms with E-state index in [4.69, 9.17) is 14.0 Å². The van der Waals surface area contributed by atoms with Crippen LogP contribution in [0.15, 0.2) is 57.7 Å². The van der Waals surface area contributed by atoms with Crippen LogP contribution in [0.1, 0.15) is 40.1 Å². The van der Waals surface area contributed by atoms with Crippen LogP contribution in [0.4, 0.5) is 5.95 Å². The summed E-state index contributed by atoms with van der Waals surface area (Å²) in [5, 5.41) is 7.97. The van der Waals surface area contributed by atoms with E-state index in [-0.39, 0.29) is 18.1 Å². The molecule has 0 fully saturated rings. The topological polar surface area (TPSA) is 101 Å². The van der Waals surface area contributed by atoms with Gasteiger partial charge in [-0.05, 0) is 12.5 Å². The van der Waals surface area contributed by atoms with Crippen molar-refractivity contribution in [2.75, 3.05) is 19.0 Å². The summed E-state index contributed by atoms with van der Waals surface area (Å²) in [5.41, 5.74) is 3.33. The molecule has 33 heavy (non-hydrogen) atoms. The zero-order valence-corrected chi connectivity index (χ0v) is 19.1. The average Bonchev–Trinajstić information content (AvgIpc) is 3.48. The van der Waals surface area contributed by atoms with Gasteiger partial charge in [-0.3, -0.25) is 4.79 Å². The Kier molecular flexibility index (Phi) is 6.48. The highest BCUT2D eigenvalue weighted by Crippen LogP contribution is 2.26. The lowest BCUT2D eigenvalue weighted by molar-refractivity contribution is 0.0717. The standard InChI is InChI=1S/C24H26N6O3/c1-5-18-12-20(28-32-18)23(31)30(14-17-9-7-6-8-10-17)15-21-19(22-11-16(2)27-33-22)13-25-24(26-21)29(3)4/h6-13H,5,14-15H2,1-4H3. The SMILES string of the molecule is CCc1cc(C(=O)N(Cc2ccccc2)Cc2nc(N(C)C)ncc2-c2cc(C)no2)no1. The number of aromatic nitrogens is 4. The number of rotatable bonds is 8. The summed E-state index contributed by atoms with van der Waals surface area (Å²) in [4.78, 5) is 26.1. The largest absolute Gasteiger partial charge is 0.361 e. The van der Waals surface area contributed by atoms with Gasteiger partial charge in [-0.15, -0.1) is 0 Å². The van der Waals surface area contributed by atoms with E-state index in [0.717, 1.165) is 11.3 Å². The Bertz CT molecular complexity index is 1230. The van der Waals surface area contributed by atoms with Crippen molar-refractivity contribution in [3.63, 3.8) is 0 Å². The fourth-order valence-corrected chi connectivity index (χ4v) is 3.37. The molecule has 0 saturated carbocycles. The number of hydrogen-bond acceptors (Lipinski definition) is 8. The molecule has 0 unspecified atom stereocenters. The Hall–Kier alpha value is -4.01. The van der Waals surface area contributed by atoms with Gasteiger partial charge in [0.15, 0.2) is 11.5 Å². The smallest absolute Gasteiger partial charge is 0.276 e. The van der Waals surface area contributed by atoms with Crippen molar-refractivity contribution in [1.29, 1.82) is 0 Å². The second-order valence-corrected chi connectivity index (χ2v) is 7.94. The number of hydrogen-bond donors (Lipinski definition) is 0. The minimum Gasteiger partial charge on any atom is -0.361 e. The third-order valence-electron chi connectivity index (χ3n) is 5.12. The molecule has 0 N–H and O–H groups in total. The van der Waals surface area contributed by atoms with Crippen LogP contribution in [0.5, 0.6) is 0 Å². The first-order valence-corrected chi connectivity index (χ1v) is 10.7. The summed E-state index contributed by atoms with van der Waals surface area (Å²) >= 11 is 0. The molecule has 0 atom stereocenters. The maximum absolute atomic E-state index is 13.5. The van der Waals surface area contributed by atoms with Crippen LogP contribution < -0.4 is 4.90 Å². The molecule has 170 valence electrons. The number of aryl methyl sites for hydroxylation is 2. The molecule has 0 aliphatic heterocycles. The summed E-state index contributed by atoms with van der Waals surface area (Å²) < 4.78 is 10.8. The van der Waals surface area contributed by atoms with Crippen molar-refractivity contribution in [1.82, 2.24) is 25.2 Å². The maximum Gasteiger partial charge on any atom is 0.276 e. The summed E-state index contributed by atoms with van der Waals surface area (Å²) in [6, 6.07) is 13.3. The fraction of sp³-hybridized carbons (Fsp3) is 0.292. The second-order valence-electron chi connectivity index (χ2n) is 7.94. The Morgan fingerprint density at radius 1 is 1.03 bits per heavy atom. The van der Waals surface area contributed by atoms with Crippen molar-refractivity contribution < 1.29 is 13.8 Å². The van der Waals surface area contributed by atoms with Crippen LogP contribution in [0.3, 0.4) is 0 Å². The minimum atomic E-state index is -0.244. The van der Waals surface area contributed by atoms with E-state index >= 15 is 0 Å². The van der Waals surface area contributed by atoms with Crippen LogP contribution in [-0.2, 0) is 19.5 Å². The third-order valence-corrected chi connectivity index (χ3v) is 5.12. The molecule has 0 bridgehead atoms. The number of benzene rings is 1. The highest BCUT2D eigenvalue weighted by Gasteiger charge is 2.24. The van der Waals surface area contributed by atoms with Crippen LogP contribution >= 0.6 is 0 Å². The van der Waals surface area contributed by atoms with E-state index in [9.17, 15) is 4.79 Å². The predicted octanol–water partition coefficient (Wildman–Crippen LogP) is 3.90. The van der Waals surface area contributed by atoms with E-state index in [2.05, 4.69) is 15.3 Å². The van der Waals surface area contributed by atoms with E-state index in [0.29, 0.717) is 41.7 Å². The highest BCUT2D eigenvalue weighted by atomic mass is 16.5. The molecule has 3 heterocycles. The summed E-state index contributed by atoms with van der Waals surface area (Å²) in [6.45, 7) is 4.40. The molecule has 4 aromatic rings. The Balaban J connectivity index is 1.74. The van der Waals surface area contributed by atoms with E-state index in [1.165, 1.54) is 0 Å². The van der Waals surface area contributed by atoms with Gasteiger partial charge in [0, 0.05) is 45.4 Å². The van der Waals surface area contributed by atoms with Gasteiger partial charge in [-0.25, -0.2) is 9.97 Å².